The maximum Gasteiger partial charge on any atom is 0.264 e. The van der Waals surface area contributed by atoms with Gasteiger partial charge < -0.3 is 10.2 Å². The summed E-state index contributed by atoms with van der Waals surface area (Å²) in [5.41, 5.74) is 2.79. The molecule has 0 unspecified atom stereocenters. The Bertz CT molecular complexity index is 1650. The van der Waals surface area contributed by atoms with Crippen molar-refractivity contribution in [1.29, 1.82) is 0 Å². The maximum absolute atomic E-state index is 14.4. The predicted molar refractivity (Wildman–Crippen MR) is 176 cm³/mol. The van der Waals surface area contributed by atoms with Crippen LogP contribution in [0.15, 0.2) is 114 Å². The number of benzene rings is 4. The van der Waals surface area contributed by atoms with Crippen molar-refractivity contribution in [3.05, 3.63) is 132 Å². The standard InChI is InChI=1S/C36H40FN3O4S/c1-4-23-38-36(42)34(24-28-11-7-5-8-12-28)39(25-29-15-19-31(37)20-16-29)35(41)26-40(32-21-17-30(18-22-32)27(2)3)45(43,44)33-13-9-6-10-14-33/h5-22,27,34H,4,23-26H2,1-3H3,(H,38,42)/t34-/m1/s1. The first-order valence-electron chi connectivity index (χ1n) is 15.1. The summed E-state index contributed by atoms with van der Waals surface area (Å²) < 4.78 is 43.1. The summed E-state index contributed by atoms with van der Waals surface area (Å²) in [6.45, 7) is 5.86. The van der Waals surface area contributed by atoms with Crippen LogP contribution in [0.3, 0.4) is 0 Å². The van der Waals surface area contributed by atoms with Crippen LogP contribution >= 0.6 is 0 Å². The van der Waals surface area contributed by atoms with E-state index >= 15 is 0 Å². The van der Waals surface area contributed by atoms with E-state index in [9.17, 15) is 22.4 Å². The zero-order chi connectivity index (χ0) is 32.4. The first-order valence-corrected chi connectivity index (χ1v) is 16.6. The fraction of sp³-hybridized carbons (Fsp3) is 0.278. The smallest absolute Gasteiger partial charge is 0.264 e. The SMILES string of the molecule is CCCNC(=O)[C@@H](Cc1ccccc1)N(Cc1ccc(F)cc1)C(=O)CN(c1ccc(C(C)C)cc1)S(=O)(=O)c1ccccc1. The number of amides is 2. The molecule has 1 N–H and O–H groups in total. The van der Waals surface area contributed by atoms with Crippen molar-refractivity contribution in [2.24, 2.45) is 0 Å². The van der Waals surface area contributed by atoms with E-state index < -0.39 is 34.3 Å². The Balaban J connectivity index is 1.79. The molecule has 0 spiro atoms. The van der Waals surface area contributed by atoms with Crippen LogP contribution in [0.2, 0.25) is 0 Å². The van der Waals surface area contributed by atoms with E-state index in [0.717, 1.165) is 15.4 Å². The molecule has 0 bridgehead atoms. The highest BCUT2D eigenvalue weighted by Crippen LogP contribution is 2.27. The fourth-order valence-electron chi connectivity index (χ4n) is 4.98. The van der Waals surface area contributed by atoms with Gasteiger partial charge in [-0.05, 0) is 65.4 Å². The molecule has 7 nitrogen and oxygen atoms in total. The highest BCUT2D eigenvalue weighted by molar-refractivity contribution is 7.92. The van der Waals surface area contributed by atoms with Crippen molar-refractivity contribution in [3.63, 3.8) is 0 Å². The molecule has 4 rings (SSSR count). The zero-order valence-corrected chi connectivity index (χ0v) is 26.7. The number of carbonyl (C=O) groups excluding carboxylic acids is 2. The topological polar surface area (TPSA) is 86.8 Å². The molecule has 4 aromatic carbocycles. The Kier molecular flexibility index (Phi) is 11.5. The van der Waals surface area contributed by atoms with Crippen LogP contribution in [-0.4, -0.2) is 44.3 Å². The maximum atomic E-state index is 14.4. The third kappa shape index (κ3) is 8.79. The Morgan fingerprint density at radius 3 is 1.98 bits per heavy atom. The van der Waals surface area contributed by atoms with Crippen molar-refractivity contribution >= 4 is 27.5 Å². The van der Waals surface area contributed by atoms with E-state index in [1.54, 1.807) is 42.5 Å². The van der Waals surface area contributed by atoms with Crippen LogP contribution in [0, 0.1) is 5.82 Å². The van der Waals surface area contributed by atoms with Crippen molar-refractivity contribution in [2.45, 2.75) is 57.0 Å². The van der Waals surface area contributed by atoms with E-state index in [1.165, 1.54) is 29.2 Å². The summed E-state index contributed by atoms with van der Waals surface area (Å²) in [5, 5.41) is 2.92. The van der Waals surface area contributed by atoms with Gasteiger partial charge in [-0.3, -0.25) is 13.9 Å². The van der Waals surface area contributed by atoms with Gasteiger partial charge >= 0.3 is 0 Å². The summed E-state index contributed by atoms with van der Waals surface area (Å²) in [6, 6.07) is 29.1. The van der Waals surface area contributed by atoms with Crippen molar-refractivity contribution in [3.8, 4) is 0 Å². The van der Waals surface area contributed by atoms with Crippen molar-refractivity contribution in [1.82, 2.24) is 10.2 Å². The first-order chi connectivity index (χ1) is 21.6. The molecule has 0 aliphatic heterocycles. The molecule has 0 aliphatic carbocycles. The number of halogens is 1. The molecule has 45 heavy (non-hydrogen) atoms. The van der Waals surface area contributed by atoms with Gasteiger partial charge in [0, 0.05) is 19.5 Å². The molecule has 9 heteroatoms. The van der Waals surface area contributed by atoms with Gasteiger partial charge in [-0.25, -0.2) is 12.8 Å². The minimum Gasteiger partial charge on any atom is -0.354 e. The highest BCUT2D eigenvalue weighted by atomic mass is 32.2. The normalized spacial score (nSPS) is 12.0. The predicted octanol–water partition coefficient (Wildman–Crippen LogP) is 6.31. The van der Waals surface area contributed by atoms with Crippen LogP contribution < -0.4 is 9.62 Å². The molecular formula is C36H40FN3O4S. The van der Waals surface area contributed by atoms with Gasteiger partial charge in [0.15, 0.2) is 0 Å². The molecule has 0 aromatic heterocycles. The molecule has 2 amide bonds. The number of rotatable bonds is 14. The van der Waals surface area contributed by atoms with Gasteiger partial charge in [0.25, 0.3) is 10.0 Å². The lowest BCUT2D eigenvalue weighted by molar-refractivity contribution is -0.140. The number of nitrogens with zero attached hydrogens (tertiary/aromatic N) is 2. The van der Waals surface area contributed by atoms with E-state index in [2.05, 4.69) is 5.32 Å². The Hall–Kier alpha value is -4.50. The van der Waals surface area contributed by atoms with Gasteiger partial charge in [0.05, 0.1) is 10.6 Å². The van der Waals surface area contributed by atoms with Crippen LogP contribution in [0.1, 0.15) is 49.8 Å². The Morgan fingerprint density at radius 2 is 1.40 bits per heavy atom. The van der Waals surface area contributed by atoms with Crippen molar-refractivity contribution < 1.29 is 22.4 Å². The molecule has 4 aromatic rings. The first kappa shape index (κ1) is 33.4. The lowest BCUT2D eigenvalue weighted by Crippen LogP contribution is -2.53. The minimum absolute atomic E-state index is 0.0261. The number of nitrogens with one attached hydrogen (secondary N) is 1. The fourth-order valence-corrected chi connectivity index (χ4v) is 6.42. The van der Waals surface area contributed by atoms with Crippen LogP contribution in [0.4, 0.5) is 10.1 Å². The van der Waals surface area contributed by atoms with E-state index in [1.807, 2.05) is 63.2 Å². The Morgan fingerprint density at radius 1 is 0.800 bits per heavy atom. The van der Waals surface area contributed by atoms with Crippen LogP contribution in [0.25, 0.3) is 0 Å². The molecule has 1 atom stereocenters. The lowest BCUT2D eigenvalue weighted by atomic mass is 10.0. The largest absolute Gasteiger partial charge is 0.354 e. The molecule has 236 valence electrons. The number of carbonyl (C=O) groups is 2. The molecule has 0 radical (unpaired) electrons. The van der Waals surface area contributed by atoms with Gasteiger partial charge in [-0.1, -0.05) is 93.6 Å². The number of hydrogen-bond acceptors (Lipinski definition) is 4. The molecule has 0 fully saturated rings. The summed E-state index contributed by atoms with van der Waals surface area (Å²) in [6.07, 6.45) is 0.906. The zero-order valence-electron chi connectivity index (χ0n) is 25.9. The summed E-state index contributed by atoms with van der Waals surface area (Å²) in [5.74, 6) is -1.12. The van der Waals surface area contributed by atoms with Crippen LogP contribution in [0.5, 0.6) is 0 Å². The quantitative estimate of drug-likeness (QED) is 0.177. The second kappa shape index (κ2) is 15.5. The molecular weight excluding hydrogens is 589 g/mol. The average molecular weight is 630 g/mol. The second-order valence-electron chi connectivity index (χ2n) is 11.2. The summed E-state index contributed by atoms with van der Waals surface area (Å²) in [4.78, 5) is 29.5. The third-order valence-corrected chi connectivity index (χ3v) is 9.33. The summed E-state index contributed by atoms with van der Waals surface area (Å²) >= 11 is 0. The number of sulfonamides is 1. The van der Waals surface area contributed by atoms with Gasteiger partial charge in [-0.15, -0.1) is 0 Å². The van der Waals surface area contributed by atoms with E-state index in [0.29, 0.717) is 24.2 Å². The van der Waals surface area contributed by atoms with E-state index in [4.69, 9.17) is 0 Å². The summed E-state index contributed by atoms with van der Waals surface area (Å²) in [7, 11) is -4.18. The monoisotopic (exact) mass is 629 g/mol. The third-order valence-electron chi connectivity index (χ3n) is 7.54. The second-order valence-corrected chi connectivity index (χ2v) is 13.1. The number of hydrogen-bond donors (Lipinski definition) is 1. The molecule has 0 heterocycles. The van der Waals surface area contributed by atoms with Gasteiger partial charge in [0.2, 0.25) is 11.8 Å². The van der Waals surface area contributed by atoms with Gasteiger partial charge in [0.1, 0.15) is 18.4 Å². The molecule has 0 saturated carbocycles. The van der Waals surface area contributed by atoms with Crippen molar-refractivity contribution in [2.75, 3.05) is 17.4 Å². The highest BCUT2D eigenvalue weighted by Gasteiger charge is 2.34. The lowest BCUT2D eigenvalue weighted by Gasteiger charge is -2.34. The van der Waals surface area contributed by atoms with Crippen LogP contribution in [-0.2, 0) is 32.6 Å². The molecule has 0 saturated heterocycles. The Labute approximate surface area is 265 Å². The molecule has 0 aliphatic rings. The minimum atomic E-state index is -4.18. The van der Waals surface area contributed by atoms with Gasteiger partial charge in [-0.2, -0.15) is 0 Å². The number of anilines is 1. The van der Waals surface area contributed by atoms with E-state index in [-0.39, 0.29) is 29.7 Å². The average Bonchev–Trinajstić information content (AvgIpc) is 3.05.